The van der Waals surface area contributed by atoms with E-state index in [1.54, 1.807) is 13.8 Å². The highest BCUT2D eigenvalue weighted by atomic mass is 16.3. The molecule has 0 radical (unpaired) electrons. The van der Waals surface area contributed by atoms with Crippen LogP contribution >= 0.6 is 0 Å². The molecule has 6 rings (SSSR count). The minimum Gasteiger partial charge on any atom is -0.507 e. The summed E-state index contributed by atoms with van der Waals surface area (Å²) in [5.74, 6) is -9.99. The van der Waals surface area contributed by atoms with Crippen molar-refractivity contribution in [1.82, 2.24) is 0 Å². The number of Topliss-reactive ketones (excluding diaryl/α,β-unsaturated/α-hetero) is 4. The van der Waals surface area contributed by atoms with Gasteiger partial charge in [-0.25, -0.2) is 0 Å². The monoisotopic (exact) mass is 627 g/mol. The summed E-state index contributed by atoms with van der Waals surface area (Å²) in [6.07, 6.45) is 7.14. The van der Waals surface area contributed by atoms with Gasteiger partial charge >= 0.3 is 0 Å². The lowest BCUT2D eigenvalue weighted by molar-refractivity contribution is -0.182. The van der Waals surface area contributed by atoms with Crippen molar-refractivity contribution in [2.45, 2.75) is 84.7 Å². The molecule has 0 aromatic heterocycles. The van der Waals surface area contributed by atoms with Crippen molar-refractivity contribution >= 4 is 29.0 Å². The summed E-state index contributed by atoms with van der Waals surface area (Å²) >= 11 is 0. The summed E-state index contributed by atoms with van der Waals surface area (Å²) in [7, 11) is 0. The molecule has 2 aromatic rings. The molecule has 2 unspecified atom stereocenters. The van der Waals surface area contributed by atoms with E-state index in [1.165, 1.54) is 42.9 Å². The molecular formula is C38H45NO7. The van der Waals surface area contributed by atoms with Gasteiger partial charge in [0.25, 0.3) is 0 Å². The second-order valence-electron chi connectivity index (χ2n) is 14.8. The zero-order valence-corrected chi connectivity index (χ0v) is 27.2. The number of primary amides is 1. The summed E-state index contributed by atoms with van der Waals surface area (Å²) < 4.78 is 0. The number of phenolic OH excluding ortho intramolecular Hbond substituents is 1. The van der Waals surface area contributed by atoms with Crippen molar-refractivity contribution < 1.29 is 34.2 Å². The average Bonchev–Trinajstić information content (AvgIpc) is 3.00. The largest absolute Gasteiger partial charge is 0.507 e. The van der Waals surface area contributed by atoms with Gasteiger partial charge in [0.1, 0.15) is 5.75 Å². The number of hydrogen-bond acceptors (Lipinski definition) is 7. The third-order valence-corrected chi connectivity index (χ3v) is 11.7. The molecule has 0 aliphatic heterocycles. The van der Waals surface area contributed by atoms with Crippen molar-refractivity contribution in [3.63, 3.8) is 0 Å². The first kappa shape index (κ1) is 32.3. The van der Waals surface area contributed by atoms with Crippen LogP contribution in [0.25, 0.3) is 11.1 Å². The van der Waals surface area contributed by atoms with Crippen LogP contribution < -0.4 is 5.73 Å². The van der Waals surface area contributed by atoms with E-state index in [0.29, 0.717) is 11.5 Å². The van der Waals surface area contributed by atoms with E-state index in [2.05, 4.69) is 32.0 Å². The van der Waals surface area contributed by atoms with Crippen LogP contribution in [-0.4, -0.2) is 44.9 Å². The predicted octanol–water partition coefficient (Wildman–Crippen LogP) is 4.81. The number of hydrogen-bond donors (Lipinski definition) is 3. The van der Waals surface area contributed by atoms with Gasteiger partial charge in [-0.1, -0.05) is 64.8 Å². The highest BCUT2D eigenvalue weighted by Crippen LogP contribution is 2.53. The molecule has 244 valence electrons. The van der Waals surface area contributed by atoms with Crippen LogP contribution in [0.1, 0.15) is 86.8 Å². The smallest absolute Gasteiger partial charge is 0.235 e. The van der Waals surface area contributed by atoms with Crippen LogP contribution in [0, 0.1) is 47.3 Å². The molecule has 0 saturated heterocycles. The summed E-state index contributed by atoms with van der Waals surface area (Å²) in [4.78, 5) is 67.5. The number of fused-ring (bicyclic) bond motifs is 3. The Morgan fingerprint density at radius 3 is 2.33 bits per heavy atom. The Morgan fingerprint density at radius 1 is 1.00 bits per heavy atom. The fourth-order valence-corrected chi connectivity index (χ4v) is 9.30. The van der Waals surface area contributed by atoms with Crippen molar-refractivity contribution in [2.24, 2.45) is 53.1 Å². The third kappa shape index (κ3) is 4.95. The SMILES string of the molecule is CCc1ccc(-c2ccc(O)c3c2C[C@H]2C[C@H]4[C@H](C(C)C)C(=O)C(C(N)=O)C(=O)[C@@]4(O)C(=O)C2C3=O)cc1CC1CCC(C)CC1. The highest BCUT2D eigenvalue weighted by Gasteiger charge is 2.69. The fourth-order valence-electron chi connectivity index (χ4n) is 9.30. The quantitative estimate of drug-likeness (QED) is 0.389. The lowest BCUT2D eigenvalue weighted by atomic mass is 9.49. The highest BCUT2D eigenvalue weighted by molar-refractivity contribution is 6.32. The standard InChI is InChI=1S/C38H45NO7/c1-5-21-10-11-22(15-23(21)14-20-8-6-19(4)7-9-20)25-12-13-28(40)31-26(25)16-24-17-27-29(18(2)3)33(41)32(37(39)45)36(44)38(27,46)35(43)30(24)34(31)42/h10-13,15,18-20,24,27,29-30,32,40,46H,5-9,14,16-17H2,1-4H3,(H2,39,45)/t19?,20?,24-,27-,29-,30?,32?,38-/m0/s1. The van der Waals surface area contributed by atoms with Gasteiger partial charge < -0.3 is 15.9 Å². The van der Waals surface area contributed by atoms with E-state index in [0.717, 1.165) is 29.9 Å². The number of rotatable bonds is 6. The molecular weight excluding hydrogens is 582 g/mol. The number of aromatic hydroxyl groups is 1. The average molecular weight is 628 g/mol. The number of amides is 1. The molecule has 0 bridgehead atoms. The number of phenols is 1. The number of carbonyl (C=O) groups is 5. The first-order valence-corrected chi connectivity index (χ1v) is 16.9. The van der Waals surface area contributed by atoms with E-state index >= 15 is 0 Å². The molecule has 8 heteroatoms. The Balaban J connectivity index is 1.41. The van der Waals surface area contributed by atoms with Gasteiger partial charge in [0.05, 0.1) is 11.5 Å². The molecule has 0 heterocycles. The van der Waals surface area contributed by atoms with Gasteiger partial charge in [-0.2, -0.15) is 0 Å². The van der Waals surface area contributed by atoms with Crippen LogP contribution in [0.5, 0.6) is 5.75 Å². The summed E-state index contributed by atoms with van der Waals surface area (Å²) in [6.45, 7) is 7.97. The Bertz CT molecular complexity index is 1630. The van der Waals surface area contributed by atoms with Gasteiger partial charge in [-0.15, -0.1) is 0 Å². The van der Waals surface area contributed by atoms with Gasteiger partial charge in [0.2, 0.25) is 5.91 Å². The zero-order chi connectivity index (χ0) is 33.2. The molecule has 1 amide bonds. The molecule has 4 N–H and O–H groups in total. The van der Waals surface area contributed by atoms with Crippen LogP contribution in [0.4, 0.5) is 0 Å². The molecule has 0 spiro atoms. The second kappa shape index (κ2) is 11.9. The Hall–Kier alpha value is -3.65. The summed E-state index contributed by atoms with van der Waals surface area (Å²) in [5, 5.41) is 22.8. The van der Waals surface area contributed by atoms with E-state index < -0.39 is 70.1 Å². The van der Waals surface area contributed by atoms with Gasteiger partial charge in [-0.3, -0.25) is 24.0 Å². The van der Waals surface area contributed by atoms with Crippen LogP contribution in [-0.2, 0) is 38.4 Å². The molecule has 2 aromatic carbocycles. The number of carbonyl (C=O) groups excluding carboxylic acids is 5. The predicted molar refractivity (Wildman–Crippen MR) is 172 cm³/mol. The number of ketones is 4. The van der Waals surface area contributed by atoms with Crippen molar-refractivity contribution in [3.05, 3.63) is 52.6 Å². The summed E-state index contributed by atoms with van der Waals surface area (Å²) in [5.41, 5.74) is 7.74. The topological polar surface area (TPSA) is 152 Å². The maximum atomic E-state index is 14.2. The first-order valence-electron chi connectivity index (χ1n) is 16.9. The molecule has 8 nitrogen and oxygen atoms in total. The second-order valence-corrected chi connectivity index (χ2v) is 14.8. The van der Waals surface area contributed by atoms with E-state index in [4.69, 9.17) is 5.73 Å². The van der Waals surface area contributed by atoms with Crippen molar-refractivity contribution in [1.29, 1.82) is 0 Å². The Labute approximate surface area is 270 Å². The van der Waals surface area contributed by atoms with Crippen molar-refractivity contribution in [2.75, 3.05) is 0 Å². The lowest BCUT2D eigenvalue weighted by Gasteiger charge is -2.52. The maximum absolute atomic E-state index is 14.2. The summed E-state index contributed by atoms with van der Waals surface area (Å²) in [6, 6.07) is 9.70. The van der Waals surface area contributed by atoms with Gasteiger partial charge in [0.15, 0.2) is 34.7 Å². The number of aryl methyl sites for hydroxylation is 1. The first-order chi connectivity index (χ1) is 21.8. The van der Waals surface area contributed by atoms with E-state index in [1.807, 2.05) is 6.07 Å². The van der Waals surface area contributed by atoms with Crippen molar-refractivity contribution in [3.8, 4) is 16.9 Å². The fraction of sp³-hybridized carbons (Fsp3) is 0.553. The molecule has 3 fully saturated rings. The zero-order valence-electron chi connectivity index (χ0n) is 27.2. The van der Waals surface area contributed by atoms with Crippen LogP contribution in [0.2, 0.25) is 0 Å². The van der Waals surface area contributed by atoms with Gasteiger partial charge in [0, 0.05) is 11.8 Å². The molecule has 4 aliphatic rings. The Morgan fingerprint density at radius 2 is 1.70 bits per heavy atom. The van der Waals surface area contributed by atoms with Crippen LogP contribution in [0.3, 0.4) is 0 Å². The third-order valence-electron chi connectivity index (χ3n) is 11.7. The number of benzene rings is 2. The minimum atomic E-state index is -2.69. The minimum absolute atomic E-state index is 0.0303. The maximum Gasteiger partial charge on any atom is 0.235 e. The molecule has 46 heavy (non-hydrogen) atoms. The molecule has 3 saturated carbocycles. The molecule has 4 aliphatic carbocycles. The molecule has 6 atom stereocenters. The number of aliphatic hydroxyl groups is 1. The normalized spacial score (nSPS) is 32.6. The van der Waals surface area contributed by atoms with E-state index in [9.17, 15) is 34.2 Å². The van der Waals surface area contributed by atoms with E-state index in [-0.39, 0.29) is 24.2 Å². The Kier molecular flexibility index (Phi) is 8.33. The van der Waals surface area contributed by atoms with Gasteiger partial charge in [-0.05, 0) is 96.1 Å². The number of nitrogens with two attached hydrogens (primary N) is 1. The lowest BCUT2D eigenvalue weighted by Crippen LogP contribution is -2.71. The van der Waals surface area contributed by atoms with Crippen LogP contribution in [0.15, 0.2) is 30.3 Å².